The smallest absolute Gasteiger partial charge is 0.248 e. The van der Waals surface area contributed by atoms with Crippen LogP contribution in [0.1, 0.15) is 5.56 Å². The fraction of sp³-hybridized carbons (Fsp3) is 0.0500. The highest BCUT2D eigenvalue weighted by molar-refractivity contribution is 6.03. The molecular formula is C20H17NO2. The van der Waals surface area contributed by atoms with Crippen LogP contribution in [0.15, 0.2) is 72.8 Å². The third-order valence-electron chi connectivity index (χ3n) is 3.57. The summed E-state index contributed by atoms with van der Waals surface area (Å²) in [6.45, 7) is 0. The average Bonchev–Trinajstić information content (AvgIpc) is 2.60. The Balaban J connectivity index is 1.74. The van der Waals surface area contributed by atoms with Gasteiger partial charge in [-0.05, 0) is 35.0 Å². The van der Waals surface area contributed by atoms with Crippen molar-refractivity contribution in [1.82, 2.24) is 0 Å². The maximum atomic E-state index is 12.1. The summed E-state index contributed by atoms with van der Waals surface area (Å²) in [5.41, 5.74) is 1.64. The third-order valence-corrected chi connectivity index (χ3v) is 3.57. The van der Waals surface area contributed by atoms with Gasteiger partial charge in [0.25, 0.3) is 0 Å². The van der Waals surface area contributed by atoms with Crippen molar-refractivity contribution in [2.75, 3.05) is 12.4 Å². The Hall–Kier alpha value is -3.07. The average molecular weight is 303 g/mol. The Kier molecular flexibility index (Phi) is 4.39. The summed E-state index contributed by atoms with van der Waals surface area (Å²) in [7, 11) is 1.61. The van der Waals surface area contributed by atoms with Crippen molar-refractivity contribution in [1.29, 1.82) is 0 Å². The monoisotopic (exact) mass is 303 g/mol. The van der Waals surface area contributed by atoms with Crippen molar-refractivity contribution >= 4 is 28.4 Å². The molecule has 0 heterocycles. The van der Waals surface area contributed by atoms with E-state index in [-0.39, 0.29) is 5.91 Å². The van der Waals surface area contributed by atoms with E-state index < -0.39 is 0 Å². The molecule has 3 nitrogen and oxygen atoms in total. The largest absolute Gasteiger partial charge is 0.496 e. The summed E-state index contributed by atoms with van der Waals surface area (Å²) >= 11 is 0. The number of fused-ring (bicyclic) bond motifs is 1. The van der Waals surface area contributed by atoms with Gasteiger partial charge in [-0.15, -0.1) is 0 Å². The second-order valence-corrected chi connectivity index (χ2v) is 5.13. The molecule has 3 heteroatoms. The molecule has 0 bridgehead atoms. The molecule has 0 aliphatic rings. The highest BCUT2D eigenvalue weighted by atomic mass is 16.5. The van der Waals surface area contributed by atoms with Gasteiger partial charge in [-0.3, -0.25) is 4.79 Å². The van der Waals surface area contributed by atoms with Crippen molar-refractivity contribution in [2.24, 2.45) is 0 Å². The summed E-state index contributed by atoms with van der Waals surface area (Å²) in [4.78, 5) is 12.1. The van der Waals surface area contributed by atoms with E-state index in [1.54, 1.807) is 13.2 Å². The van der Waals surface area contributed by atoms with Crippen molar-refractivity contribution in [3.05, 3.63) is 78.4 Å². The van der Waals surface area contributed by atoms with E-state index in [0.717, 1.165) is 27.8 Å². The summed E-state index contributed by atoms with van der Waals surface area (Å²) < 4.78 is 5.26. The number of benzene rings is 3. The van der Waals surface area contributed by atoms with Gasteiger partial charge in [0.05, 0.1) is 7.11 Å². The van der Waals surface area contributed by atoms with Crippen LogP contribution in [-0.4, -0.2) is 13.0 Å². The number of rotatable bonds is 4. The lowest BCUT2D eigenvalue weighted by molar-refractivity contribution is -0.111. The van der Waals surface area contributed by atoms with E-state index in [4.69, 9.17) is 4.74 Å². The zero-order valence-electron chi connectivity index (χ0n) is 12.8. The molecule has 0 aromatic heterocycles. The molecule has 0 saturated carbocycles. The van der Waals surface area contributed by atoms with Crippen LogP contribution in [0.5, 0.6) is 5.75 Å². The topological polar surface area (TPSA) is 38.3 Å². The van der Waals surface area contributed by atoms with Crippen LogP contribution in [0.4, 0.5) is 5.69 Å². The van der Waals surface area contributed by atoms with Crippen LogP contribution < -0.4 is 10.1 Å². The molecule has 3 aromatic rings. The molecule has 0 spiro atoms. The van der Waals surface area contributed by atoms with E-state index in [1.165, 1.54) is 6.08 Å². The van der Waals surface area contributed by atoms with Crippen LogP contribution in [0, 0.1) is 0 Å². The maximum absolute atomic E-state index is 12.1. The first-order valence-corrected chi connectivity index (χ1v) is 7.37. The number of anilines is 1. The number of methoxy groups -OCH3 is 1. The number of para-hydroxylation sites is 1. The predicted octanol–water partition coefficient (Wildman–Crippen LogP) is 4.50. The zero-order valence-corrected chi connectivity index (χ0v) is 12.8. The number of ether oxygens (including phenoxy) is 1. The van der Waals surface area contributed by atoms with E-state index in [9.17, 15) is 4.79 Å². The van der Waals surface area contributed by atoms with Gasteiger partial charge in [0.2, 0.25) is 5.91 Å². The fourth-order valence-electron chi connectivity index (χ4n) is 2.42. The van der Waals surface area contributed by atoms with Gasteiger partial charge in [-0.25, -0.2) is 0 Å². The minimum atomic E-state index is -0.175. The second kappa shape index (κ2) is 6.79. The Labute approximate surface area is 135 Å². The highest BCUT2D eigenvalue weighted by Crippen LogP contribution is 2.20. The minimum absolute atomic E-state index is 0.175. The van der Waals surface area contributed by atoms with Gasteiger partial charge in [-0.2, -0.15) is 0 Å². The number of nitrogens with one attached hydrogen (secondary N) is 1. The van der Waals surface area contributed by atoms with Gasteiger partial charge in [0.1, 0.15) is 5.75 Å². The molecule has 1 amide bonds. The molecule has 114 valence electrons. The van der Waals surface area contributed by atoms with Gasteiger partial charge < -0.3 is 10.1 Å². The van der Waals surface area contributed by atoms with E-state index in [1.807, 2.05) is 66.7 Å². The van der Waals surface area contributed by atoms with Gasteiger partial charge in [-0.1, -0.05) is 48.5 Å². The van der Waals surface area contributed by atoms with Gasteiger partial charge >= 0.3 is 0 Å². The Morgan fingerprint density at radius 2 is 1.70 bits per heavy atom. The Morgan fingerprint density at radius 3 is 2.52 bits per heavy atom. The SMILES string of the molecule is COc1ccccc1/C=C/C(=O)Nc1ccc2ccccc2c1. The van der Waals surface area contributed by atoms with E-state index in [0.29, 0.717) is 0 Å². The lowest BCUT2D eigenvalue weighted by Gasteiger charge is -2.05. The second-order valence-electron chi connectivity index (χ2n) is 5.13. The number of carbonyl (C=O) groups is 1. The highest BCUT2D eigenvalue weighted by Gasteiger charge is 2.01. The van der Waals surface area contributed by atoms with Crippen molar-refractivity contribution < 1.29 is 9.53 Å². The van der Waals surface area contributed by atoms with Crippen LogP contribution in [0.25, 0.3) is 16.8 Å². The summed E-state index contributed by atoms with van der Waals surface area (Å²) in [5, 5.41) is 5.12. The standard InChI is InChI=1S/C20H17NO2/c1-23-19-9-5-4-7-16(19)11-13-20(22)21-18-12-10-15-6-2-3-8-17(15)14-18/h2-14H,1H3,(H,21,22)/b13-11+. The van der Waals surface area contributed by atoms with Crippen molar-refractivity contribution in [3.63, 3.8) is 0 Å². The molecule has 0 saturated heterocycles. The number of carbonyl (C=O) groups excluding carboxylic acids is 1. The lowest BCUT2D eigenvalue weighted by atomic mass is 10.1. The molecule has 3 aromatic carbocycles. The van der Waals surface area contributed by atoms with Gasteiger partial charge in [0, 0.05) is 17.3 Å². The molecular weight excluding hydrogens is 286 g/mol. The molecule has 0 radical (unpaired) electrons. The lowest BCUT2D eigenvalue weighted by Crippen LogP contribution is -2.07. The van der Waals surface area contributed by atoms with Crippen LogP contribution in [0.3, 0.4) is 0 Å². The third kappa shape index (κ3) is 3.58. The van der Waals surface area contributed by atoms with Crippen LogP contribution in [-0.2, 0) is 4.79 Å². The predicted molar refractivity (Wildman–Crippen MR) is 94.6 cm³/mol. The normalized spacial score (nSPS) is 10.8. The molecule has 0 fully saturated rings. The minimum Gasteiger partial charge on any atom is -0.496 e. The molecule has 23 heavy (non-hydrogen) atoms. The quantitative estimate of drug-likeness (QED) is 0.721. The molecule has 0 unspecified atom stereocenters. The molecule has 1 N–H and O–H groups in total. The summed E-state index contributed by atoms with van der Waals surface area (Å²) in [6.07, 6.45) is 3.25. The van der Waals surface area contributed by atoms with E-state index >= 15 is 0 Å². The van der Waals surface area contributed by atoms with Crippen molar-refractivity contribution in [3.8, 4) is 5.75 Å². The number of hydrogen-bond acceptors (Lipinski definition) is 2. The first-order valence-electron chi connectivity index (χ1n) is 7.37. The molecule has 0 aliphatic carbocycles. The Morgan fingerprint density at radius 1 is 0.957 bits per heavy atom. The molecule has 3 rings (SSSR count). The van der Waals surface area contributed by atoms with Crippen LogP contribution >= 0.6 is 0 Å². The zero-order chi connectivity index (χ0) is 16.1. The molecule has 0 atom stereocenters. The van der Waals surface area contributed by atoms with Gasteiger partial charge in [0.15, 0.2) is 0 Å². The Bertz CT molecular complexity index is 868. The van der Waals surface area contributed by atoms with E-state index in [2.05, 4.69) is 5.32 Å². The summed E-state index contributed by atoms with van der Waals surface area (Å²) in [6, 6.07) is 21.5. The molecule has 0 aliphatic heterocycles. The van der Waals surface area contributed by atoms with Crippen LogP contribution in [0.2, 0.25) is 0 Å². The van der Waals surface area contributed by atoms with Crippen molar-refractivity contribution in [2.45, 2.75) is 0 Å². The first kappa shape index (κ1) is 14.9. The first-order chi connectivity index (χ1) is 11.3. The maximum Gasteiger partial charge on any atom is 0.248 e. The summed E-state index contributed by atoms with van der Waals surface area (Å²) in [5.74, 6) is 0.563. The fourth-order valence-corrected chi connectivity index (χ4v) is 2.42. The number of amides is 1. The number of hydrogen-bond donors (Lipinski definition) is 1.